The molecule has 0 amide bonds. The Hall–Kier alpha value is -0.350. The zero-order valence-electron chi connectivity index (χ0n) is 7.47. The molecule has 0 aliphatic carbocycles. The van der Waals surface area contributed by atoms with Gasteiger partial charge in [0.1, 0.15) is 0 Å². The largest absolute Gasteiger partial charge is 0.325 e. The molecular weight excluding hydrogens is 218 g/mol. The molecule has 0 saturated heterocycles. The van der Waals surface area contributed by atoms with Gasteiger partial charge in [-0.2, -0.15) is 5.10 Å². The molecule has 12 heavy (non-hydrogen) atoms. The molecule has 0 aromatic carbocycles. The van der Waals surface area contributed by atoms with Crippen molar-refractivity contribution in [2.24, 2.45) is 12.8 Å². The summed E-state index contributed by atoms with van der Waals surface area (Å²) in [5.74, 6) is 0. The molecule has 68 valence electrons. The van der Waals surface area contributed by atoms with Crippen molar-refractivity contribution in [1.82, 2.24) is 9.78 Å². The molecule has 0 unspecified atom stereocenters. The zero-order chi connectivity index (χ0) is 9.14. The molecular formula is C8H14BrN3. The van der Waals surface area contributed by atoms with Gasteiger partial charge in [-0.25, -0.2) is 0 Å². The molecule has 4 heteroatoms. The van der Waals surface area contributed by atoms with Gasteiger partial charge in [0.2, 0.25) is 0 Å². The van der Waals surface area contributed by atoms with E-state index in [4.69, 9.17) is 5.73 Å². The minimum absolute atomic E-state index is 0.498. The lowest BCUT2D eigenvalue weighted by Crippen LogP contribution is -1.99. The third-order valence-electron chi connectivity index (χ3n) is 1.85. The van der Waals surface area contributed by atoms with E-state index in [1.54, 1.807) is 0 Å². The van der Waals surface area contributed by atoms with Gasteiger partial charge in [0, 0.05) is 13.6 Å². The highest BCUT2D eigenvalue weighted by Gasteiger charge is 2.10. The molecule has 1 aromatic heterocycles. The summed E-state index contributed by atoms with van der Waals surface area (Å²) in [4.78, 5) is 0. The molecule has 2 N–H and O–H groups in total. The fourth-order valence-corrected chi connectivity index (χ4v) is 1.93. The van der Waals surface area contributed by atoms with Crippen LogP contribution in [0.1, 0.15) is 24.7 Å². The molecule has 1 aromatic rings. The smallest absolute Gasteiger partial charge is 0.0905 e. The van der Waals surface area contributed by atoms with Crippen LogP contribution in [0, 0.1) is 0 Å². The number of halogens is 1. The first-order valence-electron chi connectivity index (χ1n) is 4.11. The summed E-state index contributed by atoms with van der Waals surface area (Å²) in [7, 11) is 1.95. The van der Waals surface area contributed by atoms with Crippen LogP contribution in [-0.4, -0.2) is 9.78 Å². The Morgan fingerprint density at radius 2 is 2.25 bits per heavy atom. The standard InChI is InChI=1S/C8H14BrN3/c1-3-4-7-8(9)6(5-10)11-12(7)2/h3-5,10H2,1-2H3. The van der Waals surface area contributed by atoms with Crippen LogP contribution in [0.15, 0.2) is 4.47 Å². The average molecular weight is 232 g/mol. The van der Waals surface area contributed by atoms with E-state index < -0.39 is 0 Å². The number of hydrogen-bond acceptors (Lipinski definition) is 2. The second-order valence-electron chi connectivity index (χ2n) is 2.79. The summed E-state index contributed by atoms with van der Waals surface area (Å²) in [6, 6.07) is 0. The van der Waals surface area contributed by atoms with Gasteiger partial charge >= 0.3 is 0 Å². The zero-order valence-corrected chi connectivity index (χ0v) is 9.06. The van der Waals surface area contributed by atoms with Gasteiger partial charge in [-0.1, -0.05) is 13.3 Å². The normalized spacial score (nSPS) is 10.7. The molecule has 1 rings (SSSR count). The topological polar surface area (TPSA) is 43.8 Å². The highest BCUT2D eigenvalue weighted by Crippen LogP contribution is 2.21. The summed E-state index contributed by atoms with van der Waals surface area (Å²) >= 11 is 3.50. The number of aromatic nitrogens is 2. The van der Waals surface area contributed by atoms with Gasteiger partial charge in [-0.3, -0.25) is 4.68 Å². The van der Waals surface area contributed by atoms with E-state index in [1.807, 2.05) is 11.7 Å². The fourth-order valence-electron chi connectivity index (χ4n) is 1.23. The molecule has 1 heterocycles. The monoisotopic (exact) mass is 231 g/mol. The van der Waals surface area contributed by atoms with E-state index >= 15 is 0 Å². The van der Waals surface area contributed by atoms with Crippen LogP contribution >= 0.6 is 15.9 Å². The molecule has 0 spiro atoms. The minimum Gasteiger partial charge on any atom is -0.325 e. The SMILES string of the molecule is CCCc1c(Br)c(CN)nn1C. The van der Waals surface area contributed by atoms with E-state index in [0.29, 0.717) is 6.54 Å². The minimum atomic E-state index is 0.498. The molecule has 0 atom stereocenters. The third kappa shape index (κ3) is 1.69. The Morgan fingerprint density at radius 1 is 1.58 bits per heavy atom. The average Bonchev–Trinajstić information content (AvgIpc) is 2.32. The van der Waals surface area contributed by atoms with Crippen molar-refractivity contribution in [3.05, 3.63) is 15.9 Å². The van der Waals surface area contributed by atoms with Gasteiger partial charge < -0.3 is 5.73 Å². The second kappa shape index (κ2) is 4.05. The number of nitrogens with two attached hydrogens (primary N) is 1. The molecule has 0 aliphatic heterocycles. The van der Waals surface area contributed by atoms with Gasteiger partial charge in [0.05, 0.1) is 15.9 Å². The van der Waals surface area contributed by atoms with Crippen LogP contribution in [0.5, 0.6) is 0 Å². The molecule has 0 fully saturated rings. The molecule has 0 bridgehead atoms. The summed E-state index contributed by atoms with van der Waals surface area (Å²) in [6.45, 7) is 2.65. The predicted molar refractivity (Wildman–Crippen MR) is 52.8 cm³/mol. The van der Waals surface area contributed by atoms with Crippen molar-refractivity contribution in [1.29, 1.82) is 0 Å². The molecule has 0 aliphatic rings. The van der Waals surface area contributed by atoms with Crippen LogP contribution in [0.4, 0.5) is 0 Å². The van der Waals surface area contributed by atoms with Crippen LogP contribution in [0.2, 0.25) is 0 Å². The van der Waals surface area contributed by atoms with Crippen LogP contribution in [0.3, 0.4) is 0 Å². The first-order valence-corrected chi connectivity index (χ1v) is 4.90. The third-order valence-corrected chi connectivity index (χ3v) is 2.76. The first kappa shape index (κ1) is 9.74. The Kier molecular flexibility index (Phi) is 3.29. The van der Waals surface area contributed by atoms with Crippen molar-refractivity contribution in [2.75, 3.05) is 0 Å². The van der Waals surface area contributed by atoms with Gasteiger partial charge in [-0.15, -0.1) is 0 Å². The molecule has 0 radical (unpaired) electrons. The maximum Gasteiger partial charge on any atom is 0.0905 e. The van der Waals surface area contributed by atoms with E-state index in [9.17, 15) is 0 Å². The van der Waals surface area contributed by atoms with E-state index in [2.05, 4.69) is 28.0 Å². The number of aryl methyl sites for hydroxylation is 1. The highest BCUT2D eigenvalue weighted by atomic mass is 79.9. The number of rotatable bonds is 3. The van der Waals surface area contributed by atoms with Crippen LogP contribution in [-0.2, 0) is 20.0 Å². The van der Waals surface area contributed by atoms with E-state index in [0.717, 1.165) is 23.0 Å². The maximum atomic E-state index is 5.52. The lowest BCUT2D eigenvalue weighted by molar-refractivity contribution is 0.686. The first-order chi connectivity index (χ1) is 5.70. The summed E-state index contributed by atoms with van der Waals surface area (Å²) in [5, 5.41) is 4.29. The fraction of sp³-hybridized carbons (Fsp3) is 0.625. The number of hydrogen-bond donors (Lipinski definition) is 1. The van der Waals surface area contributed by atoms with Crippen molar-refractivity contribution < 1.29 is 0 Å². The second-order valence-corrected chi connectivity index (χ2v) is 3.58. The molecule has 3 nitrogen and oxygen atoms in total. The van der Waals surface area contributed by atoms with E-state index in [1.165, 1.54) is 5.69 Å². The van der Waals surface area contributed by atoms with Crippen molar-refractivity contribution in [2.45, 2.75) is 26.3 Å². The highest BCUT2D eigenvalue weighted by molar-refractivity contribution is 9.10. The van der Waals surface area contributed by atoms with Crippen molar-refractivity contribution in [3.8, 4) is 0 Å². The Morgan fingerprint density at radius 3 is 2.67 bits per heavy atom. The lowest BCUT2D eigenvalue weighted by atomic mass is 10.2. The van der Waals surface area contributed by atoms with E-state index in [-0.39, 0.29) is 0 Å². The Labute approximate surface area is 81.1 Å². The Bertz CT molecular complexity index is 268. The summed E-state index contributed by atoms with van der Waals surface area (Å²) in [6.07, 6.45) is 2.17. The predicted octanol–water partition coefficient (Wildman–Crippen LogP) is 1.59. The molecule has 0 saturated carbocycles. The maximum absolute atomic E-state index is 5.52. The van der Waals surface area contributed by atoms with Gasteiger partial charge in [-0.05, 0) is 22.4 Å². The number of nitrogens with zero attached hydrogens (tertiary/aromatic N) is 2. The summed E-state index contributed by atoms with van der Waals surface area (Å²) < 4.78 is 2.98. The Balaban J connectivity index is 3.01. The van der Waals surface area contributed by atoms with Crippen molar-refractivity contribution in [3.63, 3.8) is 0 Å². The van der Waals surface area contributed by atoms with Gasteiger partial charge in [0.25, 0.3) is 0 Å². The van der Waals surface area contributed by atoms with Crippen LogP contribution < -0.4 is 5.73 Å². The van der Waals surface area contributed by atoms with Gasteiger partial charge in [0.15, 0.2) is 0 Å². The lowest BCUT2D eigenvalue weighted by Gasteiger charge is -1.98. The quantitative estimate of drug-likeness (QED) is 0.860. The summed E-state index contributed by atoms with van der Waals surface area (Å²) in [5.41, 5.74) is 7.70. The van der Waals surface area contributed by atoms with Crippen molar-refractivity contribution >= 4 is 15.9 Å². The van der Waals surface area contributed by atoms with Crippen LogP contribution in [0.25, 0.3) is 0 Å².